The first-order chi connectivity index (χ1) is 30.0. The zero-order valence-electron chi connectivity index (χ0n) is 34.1. The smallest absolute Gasteiger partial charge is 0.394 e. The highest BCUT2D eigenvalue weighted by Gasteiger charge is 2.46. The van der Waals surface area contributed by atoms with Crippen molar-refractivity contribution in [1.29, 1.82) is 10.5 Å². The molecule has 63 heavy (non-hydrogen) atoms. The second-order valence-corrected chi connectivity index (χ2v) is 18.4. The summed E-state index contributed by atoms with van der Waals surface area (Å²) in [4.78, 5) is 34.7. The van der Waals surface area contributed by atoms with Gasteiger partial charge in [-0.3, -0.25) is 45.8 Å². The quantitative estimate of drug-likeness (QED) is 0.0247. The number of hydrogen-bond donors (Lipinski definition) is 5. The lowest BCUT2D eigenvalue weighted by Gasteiger charge is -2.28. The molecule has 3 aliphatic heterocycles. The van der Waals surface area contributed by atoms with E-state index in [4.69, 9.17) is 95.6 Å². The van der Waals surface area contributed by atoms with Gasteiger partial charge in [0.1, 0.15) is 48.5 Å². The molecule has 0 aromatic heterocycles. The summed E-state index contributed by atoms with van der Waals surface area (Å²) in [5.74, 6) is 1.25. The SMILES string of the molecule is [B][C@H]1C[C@@H](OP(=O)(O)OCC(CO)NC(=O)CCNC(=O)CCOCC#C)[C@@H](COP(=O)(OCCC#N)O[C@@H]2C[C@H]([B])O[C@@H]2COP(=O)(OCCC#N)O[C@@H]2C[C@H]([B])O[C@@H]2CO)O1. The fourth-order valence-corrected chi connectivity index (χ4v) is 9.60. The van der Waals surface area contributed by atoms with Crippen molar-refractivity contribution in [3.05, 3.63) is 0 Å². The fourth-order valence-electron chi connectivity index (χ4n) is 5.82. The van der Waals surface area contributed by atoms with Gasteiger partial charge in [-0.25, -0.2) is 13.7 Å². The van der Waals surface area contributed by atoms with E-state index in [2.05, 4.69) is 16.6 Å². The van der Waals surface area contributed by atoms with Gasteiger partial charge in [-0.1, -0.05) is 5.92 Å². The van der Waals surface area contributed by atoms with E-state index in [0.717, 1.165) is 0 Å². The zero-order chi connectivity index (χ0) is 46.5. The molecule has 24 nitrogen and oxygen atoms in total. The van der Waals surface area contributed by atoms with Crippen LogP contribution in [0.4, 0.5) is 0 Å². The van der Waals surface area contributed by atoms with Gasteiger partial charge in [0.05, 0.1) is 109 Å². The average Bonchev–Trinajstić information content (AvgIpc) is 3.89. The van der Waals surface area contributed by atoms with Crippen LogP contribution in [0.2, 0.25) is 0 Å². The van der Waals surface area contributed by atoms with Crippen molar-refractivity contribution in [2.45, 2.75) is 106 Å². The summed E-state index contributed by atoms with van der Waals surface area (Å²) in [6.45, 7) is -3.97. The van der Waals surface area contributed by atoms with Crippen molar-refractivity contribution < 1.29 is 93.5 Å². The topological polar surface area (TPSA) is 328 Å². The van der Waals surface area contributed by atoms with Crippen LogP contribution in [0.3, 0.4) is 0 Å². The fraction of sp³-hybridized carbons (Fsp3) is 0.818. The zero-order valence-corrected chi connectivity index (χ0v) is 36.8. The molecule has 4 unspecified atom stereocenters. The molecule has 3 heterocycles. The lowest BCUT2D eigenvalue weighted by molar-refractivity contribution is -0.123. The second kappa shape index (κ2) is 28.1. The summed E-state index contributed by atoms with van der Waals surface area (Å²) >= 11 is 0. The molecule has 30 heteroatoms. The number of amides is 2. The van der Waals surface area contributed by atoms with E-state index in [1.165, 1.54) is 0 Å². The minimum Gasteiger partial charge on any atom is -0.394 e. The molecule has 3 rings (SSSR count). The predicted molar refractivity (Wildman–Crippen MR) is 215 cm³/mol. The first-order valence-electron chi connectivity index (χ1n) is 19.5. The number of nitrogens with one attached hydrogen (secondary N) is 2. The van der Waals surface area contributed by atoms with Gasteiger partial charge >= 0.3 is 23.5 Å². The number of rotatable bonds is 31. The molecule has 0 aromatic rings. The number of carbonyl (C=O) groups excluding carboxylic acids is 2. The average molecular weight is 948 g/mol. The van der Waals surface area contributed by atoms with E-state index in [0.29, 0.717) is 0 Å². The number of ether oxygens (including phenoxy) is 4. The predicted octanol–water partition coefficient (Wildman–Crippen LogP) is -0.765. The van der Waals surface area contributed by atoms with Gasteiger partial charge in [0.15, 0.2) is 0 Å². The first kappa shape index (κ1) is 55.1. The monoisotopic (exact) mass is 948 g/mol. The van der Waals surface area contributed by atoms with E-state index in [9.17, 15) is 38.4 Å². The van der Waals surface area contributed by atoms with Crippen LogP contribution in [0.15, 0.2) is 0 Å². The van der Waals surface area contributed by atoms with Crippen molar-refractivity contribution >= 4 is 58.8 Å². The lowest BCUT2D eigenvalue weighted by atomic mass is 9.96. The second-order valence-electron chi connectivity index (χ2n) is 13.7. The molecule has 0 bridgehead atoms. The number of aliphatic hydroxyl groups is 2. The largest absolute Gasteiger partial charge is 0.475 e. The summed E-state index contributed by atoms with van der Waals surface area (Å²) in [5.41, 5.74) is 0. The van der Waals surface area contributed by atoms with Crippen LogP contribution < -0.4 is 10.6 Å². The number of hydrogen-bond acceptors (Lipinski definition) is 21. The third-order valence-electron chi connectivity index (χ3n) is 8.74. The molecule has 3 fully saturated rings. The van der Waals surface area contributed by atoms with Gasteiger partial charge in [0.25, 0.3) is 0 Å². The molecule has 5 N–H and O–H groups in total. The van der Waals surface area contributed by atoms with Gasteiger partial charge in [0.2, 0.25) is 11.8 Å². The molecule has 3 saturated heterocycles. The van der Waals surface area contributed by atoms with Crippen molar-refractivity contribution in [1.82, 2.24) is 10.6 Å². The van der Waals surface area contributed by atoms with Crippen LogP contribution in [0.25, 0.3) is 0 Å². The number of terminal acetylenes is 1. The molecular weight excluding hydrogens is 898 g/mol. The Balaban J connectivity index is 1.59. The summed E-state index contributed by atoms with van der Waals surface area (Å²) in [7, 11) is 3.50. The van der Waals surface area contributed by atoms with Crippen molar-refractivity contribution in [3.8, 4) is 24.5 Å². The number of nitrogens with zero attached hydrogens (tertiary/aromatic N) is 2. The van der Waals surface area contributed by atoms with Crippen molar-refractivity contribution in [3.63, 3.8) is 0 Å². The number of aliphatic hydroxyl groups excluding tert-OH is 2. The Morgan fingerprint density at radius 2 is 1.25 bits per heavy atom. The molecule has 0 aliphatic carbocycles. The highest BCUT2D eigenvalue weighted by molar-refractivity contribution is 7.48. The van der Waals surface area contributed by atoms with Gasteiger partial charge in [-0.15, -0.1) is 6.42 Å². The van der Waals surface area contributed by atoms with E-state index in [1.807, 2.05) is 12.1 Å². The Morgan fingerprint density at radius 3 is 1.75 bits per heavy atom. The van der Waals surface area contributed by atoms with E-state index >= 15 is 0 Å². The first-order valence-corrected chi connectivity index (χ1v) is 23.9. The molecule has 2 amide bonds. The summed E-state index contributed by atoms with van der Waals surface area (Å²) < 4.78 is 106. The normalized spacial score (nSPS) is 29.0. The molecule has 0 spiro atoms. The maximum Gasteiger partial charge on any atom is 0.475 e. The molecular formula is C33H50B3N4O20P3. The molecule has 6 radical (unpaired) electrons. The Kier molecular flexibility index (Phi) is 24.5. The van der Waals surface area contributed by atoms with Gasteiger partial charge in [0, 0.05) is 31.0 Å². The number of phosphoric ester groups is 3. The molecule has 13 atom stereocenters. The number of phosphoric acid groups is 3. The third kappa shape index (κ3) is 20.4. The molecule has 0 aromatic carbocycles. The van der Waals surface area contributed by atoms with Gasteiger partial charge in [-0.05, 0) is 19.3 Å². The van der Waals surface area contributed by atoms with E-state index < -0.39 is 130 Å². The lowest BCUT2D eigenvalue weighted by Crippen LogP contribution is -2.42. The maximum atomic E-state index is 14.0. The van der Waals surface area contributed by atoms with E-state index in [1.54, 1.807) is 0 Å². The number of nitriles is 2. The summed E-state index contributed by atoms with van der Waals surface area (Å²) in [6, 6.07) is -0.486. The summed E-state index contributed by atoms with van der Waals surface area (Å²) in [5, 5.41) is 42.3. The summed E-state index contributed by atoms with van der Waals surface area (Å²) in [6.07, 6.45) is -2.96. The molecule has 3 aliphatic rings. The Hall–Kier alpha value is -2.24. The van der Waals surface area contributed by atoms with Crippen LogP contribution in [0.5, 0.6) is 0 Å². The highest BCUT2D eigenvalue weighted by Crippen LogP contribution is 2.56. The molecule has 346 valence electrons. The van der Waals surface area contributed by atoms with Crippen molar-refractivity contribution in [2.75, 3.05) is 66.0 Å². The van der Waals surface area contributed by atoms with Crippen LogP contribution in [0.1, 0.15) is 44.9 Å². The molecule has 0 saturated carbocycles. The standard InChI is InChI=1S/C33H50B3N4O20P3/c1-2-10-49-13-6-32(43)39-9-5-33(44)40-22(17-41)19-52-61(45,46)58-24-15-30(35)56-27(24)20-53-63(48,51-12-4-8-38)60-25-16-31(36)57-28(25)21-54-62(47,50-11-3-7-37)59-23-14-29(34)55-26(23)18-42/h1,22-31,41-42H,3-6,9-21H2,(H,39,43)(H,40,44)(H,45,46)/t22?,23-,24-,25-,26-,27-,28-,29-,30-,31-,62?,63?/m1/s1. The maximum absolute atomic E-state index is 14.0. The highest BCUT2D eigenvalue weighted by atomic mass is 31.2. The Labute approximate surface area is 368 Å². The van der Waals surface area contributed by atoms with Crippen LogP contribution in [-0.2, 0) is 78.4 Å². The Morgan fingerprint density at radius 1 is 0.746 bits per heavy atom. The van der Waals surface area contributed by atoms with Crippen LogP contribution in [0, 0.1) is 35.0 Å². The van der Waals surface area contributed by atoms with Gasteiger partial charge < -0.3 is 44.7 Å². The van der Waals surface area contributed by atoms with E-state index in [-0.39, 0.29) is 77.2 Å². The van der Waals surface area contributed by atoms with Crippen LogP contribution >= 0.6 is 23.5 Å². The van der Waals surface area contributed by atoms with Gasteiger partial charge in [-0.2, -0.15) is 10.5 Å². The number of carbonyl (C=O) groups is 2. The Bertz CT molecular complexity index is 1730. The van der Waals surface area contributed by atoms with Crippen molar-refractivity contribution in [2.24, 2.45) is 0 Å². The van der Waals surface area contributed by atoms with Crippen LogP contribution in [-0.4, -0.2) is 177 Å². The third-order valence-corrected chi connectivity index (χ3v) is 12.7. The minimum absolute atomic E-state index is 0.0168. The minimum atomic E-state index is -4.97.